The first kappa shape index (κ1) is 28.4. The van der Waals surface area contributed by atoms with E-state index in [-0.39, 0.29) is 24.0 Å². The van der Waals surface area contributed by atoms with Crippen molar-refractivity contribution in [2.75, 3.05) is 60.6 Å². The zero-order valence-electron chi connectivity index (χ0n) is 19.3. The zero-order valence-corrected chi connectivity index (χ0v) is 21.6. The Balaban J connectivity index is 0.00000512. The SMILES string of the molecule is CCNC(=NCCc1ccc(OC)c(OC)c1OC)N1CCN(C(C)C(F)(F)F)CC1.I. The van der Waals surface area contributed by atoms with E-state index < -0.39 is 12.2 Å². The van der Waals surface area contributed by atoms with Crippen LogP contribution in [0.3, 0.4) is 0 Å². The maximum Gasteiger partial charge on any atom is 0.403 e. The molecule has 7 nitrogen and oxygen atoms in total. The number of ether oxygens (including phenoxy) is 3. The van der Waals surface area contributed by atoms with Gasteiger partial charge < -0.3 is 24.4 Å². The summed E-state index contributed by atoms with van der Waals surface area (Å²) in [4.78, 5) is 8.16. The lowest BCUT2D eigenvalue weighted by Gasteiger charge is -2.39. The number of methoxy groups -OCH3 is 3. The van der Waals surface area contributed by atoms with E-state index in [9.17, 15) is 13.2 Å². The Bertz CT molecular complexity index is 742. The van der Waals surface area contributed by atoms with Gasteiger partial charge in [-0.05, 0) is 26.3 Å². The molecule has 1 saturated heterocycles. The lowest BCUT2D eigenvalue weighted by atomic mass is 10.1. The summed E-state index contributed by atoms with van der Waals surface area (Å²) >= 11 is 0. The summed E-state index contributed by atoms with van der Waals surface area (Å²) in [7, 11) is 4.71. The van der Waals surface area contributed by atoms with Crippen molar-refractivity contribution in [1.82, 2.24) is 15.1 Å². The molecule has 1 aromatic carbocycles. The molecule has 1 N–H and O–H groups in total. The number of piperazine rings is 1. The molecule has 0 aliphatic carbocycles. The van der Waals surface area contributed by atoms with Gasteiger partial charge in [0.05, 0.1) is 21.3 Å². The fraction of sp³-hybridized carbons (Fsp3) is 0.667. The smallest absolute Gasteiger partial charge is 0.403 e. The number of halogens is 4. The van der Waals surface area contributed by atoms with Crippen molar-refractivity contribution in [1.29, 1.82) is 0 Å². The molecule has 0 spiro atoms. The lowest BCUT2D eigenvalue weighted by molar-refractivity contribution is -0.181. The summed E-state index contributed by atoms with van der Waals surface area (Å²) in [6.45, 7) is 6.02. The highest BCUT2D eigenvalue weighted by Crippen LogP contribution is 2.39. The first-order valence-electron chi connectivity index (χ1n) is 10.4. The van der Waals surface area contributed by atoms with Crippen LogP contribution in [0.5, 0.6) is 17.2 Å². The summed E-state index contributed by atoms with van der Waals surface area (Å²) in [6, 6.07) is 2.30. The number of benzene rings is 1. The number of hydrogen-bond acceptors (Lipinski definition) is 5. The second-order valence-electron chi connectivity index (χ2n) is 7.22. The Hall–Kier alpha value is -1.63. The Kier molecular flexibility index (Phi) is 11.7. The number of nitrogens with zero attached hydrogens (tertiary/aromatic N) is 3. The Labute approximate surface area is 205 Å². The summed E-state index contributed by atoms with van der Waals surface area (Å²) < 4.78 is 55.2. The molecule has 11 heteroatoms. The average Bonchev–Trinajstić information content (AvgIpc) is 2.76. The third-order valence-corrected chi connectivity index (χ3v) is 5.40. The Morgan fingerprint density at radius 1 is 1.06 bits per heavy atom. The van der Waals surface area contributed by atoms with Gasteiger partial charge in [0.15, 0.2) is 17.5 Å². The molecule has 0 saturated carbocycles. The van der Waals surface area contributed by atoms with E-state index >= 15 is 0 Å². The van der Waals surface area contributed by atoms with Gasteiger partial charge in [0, 0.05) is 44.8 Å². The molecule has 0 aromatic heterocycles. The normalized spacial score (nSPS) is 16.2. The second-order valence-corrected chi connectivity index (χ2v) is 7.22. The molecular weight excluding hydrogens is 540 g/mol. The molecule has 1 atom stereocenters. The maximum atomic E-state index is 13.0. The van der Waals surface area contributed by atoms with Gasteiger partial charge in [-0.3, -0.25) is 9.89 Å². The molecular formula is C21H34F3IN4O3. The second kappa shape index (κ2) is 13.2. The third kappa shape index (κ3) is 7.19. The van der Waals surface area contributed by atoms with Crippen LogP contribution in [0.1, 0.15) is 19.4 Å². The minimum atomic E-state index is -4.21. The largest absolute Gasteiger partial charge is 0.493 e. The highest BCUT2D eigenvalue weighted by molar-refractivity contribution is 14.0. The quantitative estimate of drug-likeness (QED) is 0.292. The molecule has 1 heterocycles. The van der Waals surface area contributed by atoms with Crippen molar-refractivity contribution in [3.8, 4) is 17.2 Å². The van der Waals surface area contributed by atoms with E-state index in [0.717, 1.165) is 5.56 Å². The molecule has 0 radical (unpaired) electrons. The fourth-order valence-electron chi connectivity index (χ4n) is 3.60. The highest BCUT2D eigenvalue weighted by atomic mass is 127. The number of aliphatic imine (C=N–C) groups is 1. The molecule has 1 aromatic rings. The van der Waals surface area contributed by atoms with Crippen LogP contribution in [0.15, 0.2) is 17.1 Å². The molecule has 0 bridgehead atoms. The molecule has 1 aliphatic heterocycles. The van der Waals surface area contributed by atoms with E-state index in [0.29, 0.717) is 68.9 Å². The standard InChI is InChI=1S/C21H33F3N4O3.HI/c1-6-25-20(28-13-11-27(12-14-28)15(2)21(22,23)24)26-10-9-16-7-8-17(29-3)19(31-5)18(16)30-4;/h7-8,15H,6,9-14H2,1-5H3,(H,25,26);1H. The number of nitrogens with one attached hydrogen (secondary N) is 1. The Morgan fingerprint density at radius 3 is 2.19 bits per heavy atom. The third-order valence-electron chi connectivity index (χ3n) is 5.40. The zero-order chi connectivity index (χ0) is 23.0. The van der Waals surface area contributed by atoms with E-state index in [1.807, 2.05) is 24.0 Å². The van der Waals surface area contributed by atoms with Gasteiger partial charge in [-0.2, -0.15) is 13.2 Å². The molecule has 32 heavy (non-hydrogen) atoms. The average molecular weight is 574 g/mol. The molecule has 184 valence electrons. The molecule has 2 rings (SSSR count). The van der Waals surface area contributed by atoms with Crippen LogP contribution in [-0.4, -0.2) is 88.6 Å². The monoisotopic (exact) mass is 574 g/mol. The topological polar surface area (TPSA) is 58.6 Å². The number of guanidine groups is 1. The predicted octanol–water partition coefficient (Wildman–Crippen LogP) is 3.41. The number of hydrogen-bond donors (Lipinski definition) is 1. The van der Waals surface area contributed by atoms with Crippen molar-refractivity contribution in [3.05, 3.63) is 17.7 Å². The molecule has 1 aliphatic rings. The number of rotatable bonds is 8. The molecule has 0 amide bonds. The highest BCUT2D eigenvalue weighted by Gasteiger charge is 2.41. The predicted molar refractivity (Wildman–Crippen MR) is 130 cm³/mol. The summed E-state index contributed by atoms with van der Waals surface area (Å²) in [5.41, 5.74) is 0.934. The maximum absolute atomic E-state index is 13.0. The van der Waals surface area contributed by atoms with Gasteiger partial charge >= 0.3 is 6.18 Å². The molecule has 1 fully saturated rings. The summed E-state index contributed by atoms with van der Waals surface area (Å²) in [6.07, 6.45) is -3.59. The van der Waals surface area contributed by atoms with Gasteiger partial charge in [-0.25, -0.2) is 0 Å². The molecule has 1 unspecified atom stereocenters. The van der Waals surface area contributed by atoms with Crippen LogP contribution in [0.2, 0.25) is 0 Å². The first-order valence-corrected chi connectivity index (χ1v) is 10.4. The summed E-state index contributed by atoms with van der Waals surface area (Å²) in [5.74, 6) is 2.44. The fourth-order valence-corrected chi connectivity index (χ4v) is 3.60. The van der Waals surface area contributed by atoms with Crippen molar-refractivity contribution < 1.29 is 27.4 Å². The van der Waals surface area contributed by atoms with Gasteiger partial charge in [0.2, 0.25) is 5.75 Å². The van der Waals surface area contributed by atoms with Crippen LogP contribution < -0.4 is 19.5 Å². The van der Waals surface area contributed by atoms with E-state index in [1.54, 1.807) is 21.3 Å². The van der Waals surface area contributed by atoms with Crippen molar-refractivity contribution in [2.24, 2.45) is 4.99 Å². The van der Waals surface area contributed by atoms with Gasteiger partial charge in [-0.15, -0.1) is 24.0 Å². The van der Waals surface area contributed by atoms with Crippen molar-refractivity contribution in [3.63, 3.8) is 0 Å². The van der Waals surface area contributed by atoms with Gasteiger partial charge in [0.25, 0.3) is 0 Å². The van der Waals surface area contributed by atoms with E-state index in [1.165, 1.54) is 11.8 Å². The van der Waals surface area contributed by atoms with Gasteiger partial charge in [0.1, 0.15) is 6.04 Å². The van der Waals surface area contributed by atoms with Crippen molar-refractivity contribution >= 4 is 29.9 Å². The van der Waals surface area contributed by atoms with Crippen LogP contribution in [0.4, 0.5) is 13.2 Å². The minimum Gasteiger partial charge on any atom is -0.493 e. The number of alkyl halides is 3. The first-order chi connectivity index (χ1) is 14.8. The van der Waals surface area contributed by atoms with Crippen molar-refractivity contribution in [2.45, 2.75) is 32.5 Å². The Morgan fingerprint density at radius 2 is 1.69 bits per heavy atom. The van der Waals surface area contributed by atoms with E-state index in [4.69, 9.17) is 14.2 Å². The van der Waals surface area contributed by atoms with Crippen LogP contribution in [-0.2, 0) is 6.42 Å². The van der Waals surface area contributed by atoms with Crippen LogP contribution >= 0.6 is 24.0 Å². The van der Waals surface area contributed by atoms with Crippen LogP contribution in [0, 0.1) is 0 Å². The lowest BCUT2D eigenvalue weighted by Crippen LogP contribution is -2.56. The van der Waals surface area contributed by atoms with Gasteiger partial charge in [-0.1, -0.05) is 6.07 Å². The summed E-state index contributed by atoms with van der Waals surface area (Å²) in [5, 5.41) is 3.24. The van der Waals surface area contributed by atoms with Crippen LogP contribution in [0.25, 0.3) is 0 Å². The van der Waals surface area contributed by atoms with E-state index in [2.05, 4.69) is 10.3 Å². The minimum absolute atomic E-state index is 0.